The van der Waals surface area contributed by atoms with Gasteiger partial charge in [-0.25, -0.2) is 0 Å². The fraction of sp³-hybridized carbons (Fsp3) is 0.250. The van der Waals surface area contributed by atoms with E-state index in [-0.39, 0.29) is 18.9 Å². The second-order valence-electron chi connectivity index (χ2n) is 6.52. The van der Waals surface area contributed by atoms with Crippen molar-refractivity contribution in [2.45, 2.75) is 13.3 Å². The first kappa shape index (κ1) is 20.4. The summed E-state index contributed by atoms with van der Waals surface area (Å²) in [7, 11) is 0. The number of nitrogens with zero attached hydrogens (tertiary/aromatic N) is 1. The number of benzene rings is 2. The van der Waals surface area contributed by atoms with E-state index in [1.807, 2.05) is 31.2 Å². The molecule has 28 heavy (non-hydrogen) atoms. The van der Waals surface area contributed by atoms with Gasteiger partial charge in [0.15, 0.2) is 6.61 Å². The molecule has 0 aromatic heterocycles. The molecule has 1 heterocycles. The van der Waals surface area contributed by atoms with E-state index >= 15 is 0 Å². The maximum atomic E-state index is 12.3. The third-order valence-electron chi connectivity index (χ3n) is 4.35. The molecule has 2 aromatic rings. The highest BCUT2D eigenvalue weighted by Gasteiger charge is 2.36. The fourth-order valence-corrected chi connectivity index (χ4v) is 3.59. The van der Waals surface area contributed by atoms with Crippen LogP contribution in [0.3, 0.4) is 0 Å². The van der Waals surface area contributed by atoms with Gasteiger partial charge in [0.05, 0.1) is 16.6 Å². The lowest BCUT2D eigenvalue weighted by Gasteiger charge is -2.16. The standard InChI is InChI=1S/C20H18BrClN2O4/c1-12-2-5-15(6-3-12)24-10-13(8-19(24)26)20(27)28-11-18(25)23-17-7-4-14(21)9-16(17)22/h2-7,9,13H,8,10-11H2,1H3,(H,23,25)/t13-/m0/s1. The van der Waals surface area contributed by atoms with Crippen molar-refractivity contribution in [1.82, 2.24) is 0 Å². The Bertz CT molecular complexity index is 917. The van der Waals surface area contributed by atoms with E-state index < -0.39 is 24.4 Å². The number of aryl methyl sites for hydroxylation is 1. The Labute approximate surface area is 175 Å². The minimum absolute atomic E-state index is 0.0624. The minimum atomic E-state index is -0.599. The zero-order valence-corrected chi connectivity index (χ0v) is 17.4. The molecule has 2 amide bonds. The van der Waals surface area contributed by atoms with Crippen molar-refractivity contribution in [1.29, 1.82) is 0 Å². The average molecular weight is 466 g/mol. The number of halogens is 2. The molecule has 146 valence electrons. The maximum absolute atomic E-state index is 12.3. The van der Waals surface area contributed by atoms with Gasteiger partial charge >= 0.3 is 5.97 Å². The van der Waals surface area contributed by atoms with Gasteiger partial charge in [0.1, 0.15) is 0 Å². The fourth-order valence-electron chi connectivity index (χ4n) is 2.87. The Hall–Kier alpha value is -2.38. The lowest BCUT2D eigenvalue weighted by Crippen LogP contribution is -2.28. The first-order chi connectivity index (χ1) is 13.3. The summed E-state index contributed by atoms with van der Waals surface area (Å²) >= 11 is 9.33. The summed E-state index contributed by atoms with van der Waals surface area (Å²) in [5.74, 6) is -1.81. The molecule has 0 unspecified atom stereocenters. The Balaban J connectivity index is 1.53. The second kappa shape index (κ2) is 8.75. The van der Waals surface area contributed by atoms with Gasteiger partial charge in [0.2, 0.25) is 5.91 Å². The highest BCUT2D eigenvalue weighted by atomic mass is 79.9. The summed E-state index contributed by atoms with van der Waals surface area (Å²) in [4.78, 5) is 38.1. The van der Waals surface area contributed by atoms with Crippen LogP contribution in [0.5, 0.6) is 0 Å². The van der Waals surface area contributed by atoms with Crippen LogP contribution in [0.1, 0.15) is 12.0 Å². The summed E-state index contributed by atoms with van der Waals surface area (Å²) in [5, 5.41) is 2.95. The van der Waals surface area contributed by atoms with E-state index in [0.717, 1.165) is 15.7 Å². The molecule has 0 radical (unpaired) electrons. The SMILES string of the molecule is Cc1ccc(N2C[C@@H](C(=O)OCC(=O)Nc3ccc(Br)cc3Cl)CC2=O)cc1. The van der Waals surface area contributed by atoms with Crippen LogP contribution in [0, 0.1) is 12.8 Å². The molecule has 1 aliphatic rings. The number of carbonyl (C=O) groups is 3. The Kier molecular flexibility index (Phi) is 6.36. The summed E-state index contributed by atoms with van der Waals surface area (Å²) in [5.41, 5.74) is 2.25. The maximum Gasteiger partial charge on any atom is 0.311 e. The topological polar surface area (TPSA) is 75.7 Å². The number of nitrogens with one attached hydrogen (secondary N) is 1. The lowest BCUT2D eigenvalue weighted by molar-refractivity contribution is -0.151. The molecular formula is C20H18BrClN2O4. The lowest BCUT2D eigenvalue weighted by atomic mass is 10.1. The van der Waals surface area contributed by atoms with Gasteiger partial charge < -0.3 is 15.0 Å². The van der Waals surface area contributed by atoms with Crippen LogP contribution in [0.25, 0.3) is 0 Å². The highest BCUT2D eigenvalue weighted by molar-refractivity contribution is 9.10. The third-order valence-corrected chi connectivity index (χ3v) is 5.16. The normalized spacial score (nSPS) is 16.2. The highest BCUT2D eigenvalue weighted by Crippen LogP contribution is 2.27. The third kappa shape index (κ3) is 4.91. The van der Waals surface area contributed by atoms with E-state index in [4.69, 9.17) is 16.3 Å². The molecule has 3 rings (SSSR count). The van der Waals surface area contributed by atoms with Crippen molar-refractivity contribution in [2.24, 2.45) is 5.92 Å². The monoisotopic (exact) mass is 464 g/mol. The van der Waals surface area contributed by atoms with Crippen LogP contribution in [0.2, 0.25) is 5.02 Å². The number of hydrogen-bond acceptors (Lipinski definition) is 4. The molecule has 0 bridgehead atoms. The van der Waals surface area contributed by atoms with Crippen molar-refractivity contribution < 1.29 is 19.1 Å². The van der Waals surface area contributed by atoms with Gasteiger partial charge in [-0.05, 0) is 37.3 Å². The Morgan fingerprint density at radius 2 is 1.96 bits per heavy atom. The van der Waals surface area contributed by atoms with Gasteiger partial charge in [0, 0.05) is 23.1 Å². The summed E-state index contributed by atoms with van der Waals surface area (Å²) in [6.45, 7) is 1.75. The number of hydrogen-bond donors (Lipinski definition) is 1. The zero-order valence-electron chi connectivity index (χ0n) is 15.1. The van der Waals surface area contributed by atoms with E-state index in [1.165, 1.54) is 0 Å². The molecule has 6 nitrogen and oxygen atoms in total. The largest absolute Gasteiger partial charge is 0.455 e. The molecule has 8 heteroatoms. The predicted octanol–water partition coefficient (Wildman–Crippen LogP) is 3.95. The number of carbonyl (C=O) groups excluding carboxylic acids is 3. The summed E-state index contributed by atoms with van der Waals surface area (Å²) in [6.07, 6.45) is 0.0624. The Morgan fingerprint density at radius 1 is 1.25 bits per heavy atom. The molecular weight excluding hydrogens is 448 g/mol. The molecule has 1 aliphatic heterocycles. The van der Waals surface area contributed by atoms with Gasteiger partial charge in [0.25, 0.3) is 5.91 Å². The van der Waals surface area contributed by atoms with Crippen molar-refractivity contribution in [3.05, 3.63) is 57.5 Å². The van der Waals surface area contributed by atoms with Crippen molar-refractivity contribution in [3.63, 3.8) is 0 Å². The van der Waals surface area contributed by atoms with E-state index in [9.17, 15) is 14.4 Å². The van der Waals surface area contributed by atoms with Crippen LogP contribution < -0.4 is 10.2 Å². The minimum Gasteiger partial charge on any atom is -0.455 e. The Morgan fingerprint density at radius 3 is 2.64 bits per heavy atom. The van der Waals surface area contributed by atoms with E-state index in [2.05, 4.69) is 21.2 Å². The molecule has 1 atom stereocenters. The molecule has 0 spiro atoms. The average Bonchev–Trinajstić information content (AvgIpc) is 3.04. The number of rotatable bonds is 5. The van der Waals surface area contributed by atoms with E-state index in [0.29, 0.717) is 10.7 Å². The zero-order chi connectivity index (χ0) is 20.3. The number of amides is 2. The first-order valence-corrected chi connectivity index (χ1v) is 9.79. The summed E-state index contributed by atoms with van der Waals surface area (Å²) in [6, 6.07) is 12.5. The quantitative estimate of drug-likeness (QED) is 0.679. The number of ether oxygens (including phenoxy) is 1. The van der Waals surface area contributed by atoms with Crippen LogP contribution >= 0.6 is 27.5 Å². The smallest absolute Gasteiger partial charge is 0.311 e. The molecule has 2 aromatic carbocycles. The van der Waals surface area contributed by atoms with E-state index in [1.54, 1.807) is 23.1 Å². The molecule has 0 saturated carbocycles. The van der Waals surface area contributed by atoms with Crippen molar-refractivity contribution in [2.75, 3.05) is 23.4 Å². The second-order valence-corrected chi connectivity index (χ2v) is 7.84. The molecule has 1 fully saturated rings. The van der Waals surface area contributed by atoms with Crippen molar-refractivity contribution >= 4 is 56.7 Å². The number of esters is 1. The van der Waals surface area contributed by atoms with Gasteiger partial charge in [-0.15, -0.1) is 0 Å². The van der Waals surface area contributed by atoms with Crippen LogP contribution in [0.15, 0.2) is 46.9 Å². The van der Waals surface area contributed by atoms with Crippen LogP contribution in [-0.2, 0) is 19.1 Å². The van der Waals surface area contributed by atoms with Gasteiger partial charge in [-0.1, -0.05) is 45.2 Å². The van der Waals surface area contributed by atoms with Crippen LogP contribution in [-0.4, -0.2) is 30.9 Å². The first-order valence-electron chi connectivity index (χ1n) is 8.62. The molecule has 0 aliphatic carbocycles. The van der Waals surface area contributed by atoms with Gasteiger partial charge in [-0.2, -0.15) is 0 Å². The molecule has 1 saturated heterocycles. The van der Waals surface area contributed by atoms with Crippen molar-refractivity contribution in [3.8, 4) is 0 Å². The number of anilines is 2. The summed E-state index contributed by atoms with van der Waals surface area (Å²) < 4.78 is 5.88. The molecule has 1 N–H and O–H groups in total. The van der Waals surface area contributed by atoms with Crippen LogP contribution in [0.4, 0.5) is 11.4 Å². The van der Waals surface area contributed by atoms with Gasteiger partial charge in [-0.3, -0.25) is 14.4 Å². The predicted molar refractivity (Wildman–Crippen MR) is 110 cm³/mol.